The fraction of sp³-hybridized carbons (Fsp3) is 0.938. The minimum Gasteiger partial charge on any atom is -0.481 e. The van der Waals surface area contributed by atoms with Gasteiger partial charge in [0.05, 0.1) is 5.92 Å². The molecule has 4 saturated carbocycles. The predicted molar refractivity (Wildman–Crippen MR) is 71.3 cm³/mol. The van der Waals surface area contributed by atoms with Crippen molar-refractivity contribution in [1.29, 1.82) is 0 Å². The molecule has 18 heavy (non-hydrogen) atoms. The van der Waals surface area contributed by atoms with Crippen LogP contribution in [0.15, 0.2) is 0 Å². The third-order valence-corrected chi connectivity index (χ3v) is 6.01. The Balaban J connectivity index is 1.92. The minimum atomic E-state index is -0.526. The van der Waals surface area contributed by atoms with Crippen molar-refractivity contribution in [3.8, 4) is 0 Å². The molecule has 0 aromatic heterocycles. The average molecular weight is 250 g/mol. The fourth-order valence-electron chi connectivity index (χ4n) is 6.19. The Kier molecular flexibility index (Phi) is 2.76. The second-order valence-electron chi connectivity index (χ2n) is 7.81. The molecular weight excluding hydrogens is 224 g/mol. The lowest BCUT2D eigenvalue weighted by Gasteiger charge is -2.63. The van der Waals surface area contributed by atoms with Crippen LogP contribution in [0.4, 0.5) is 0 Å². The lowest BCUT2D eigenvalue weighted by molar-refractivity contribution is -0.167. The average Bonchev–Trinajstić information content (AvgIpc) is 2.21. The van der Waals surface area contributed by atoms with E-state index in [4.69, 9.17) is 0 Å². The van der Waals surface area contributed by atoms with E-state index in [1.165, 1.54) is 38.5 Å². The normalized spacial score (nSPS) is 47.2. The van der Waals surface area contributed by atoms with Crippen LogP contribution in [0.25, 0.3) is 0 Å². The summed E-state index contributed by atoms with van der Waals surface area (Å²) in [6, 6.07) is 0. The van der Waals surface area contributed by atoms with Crippen molar-refractivity contribution in [3.05, 3.63) is 0 Å². The molecule has 0 radical (unpaired) electrons. The van der Waals surface area contributed by atoms with E-state index in [-0.39, 0.29) is 11.3 Å². The van der Waals surface area contributed by atoms with E-state index in [1.54, 1.807) is 0 Å². The van der Waals surface area contributed by atoms with E-state index in [1.807, 2.05) is 0 Å². The van der Waals surface area contributed by atoms with Crippen molar-refractivity contribution in [2.24, 2.45) is 28.6 Å². The Hall–Kier alpha value is -0.530. The summed E-state index contributed by atoms with van der Waals surface area (Å²) >= 11 is 0. The highest BCUT2D eigenvalue weighted by molar-refractivity contribution is 5.71. The molecule has 0 aliphatic heterocycles. The third kappa shape index (κ3) is 1.80. The molecule has 4 bridgehead atoms. The zero-order valence-corrected chi connectivity index (χ0v) is 11.7. The van der Waals surface area contributed by atoms with Gasteiger partial charge >= 0.3 is 5.97 Å². The summed E-state index contributed by atoms with van der Waals surface area (Å²) in [6.07, 6.45) is 9.59. The highest BCUT2D eigenvalue weighted by Gasteiger charge is 2.59. The Morgan fingerprint density at radius 2 is 1.89 bits per heavy atom. The first-order chi connectivity index (χ1) is 8.46. The molecule has 0 spiro atoms. The lowest BCUT2D eigenvalue weighted by atomic mass is 9.42. The van der Waals surface area contributed by atoms with Gasteiger partial charge in [0.2, 0.25) is 0 Å². The summed E-state index contributed by atoms with van der Waals surface area (Å²) in [5, 5.41) is 9.65. The maximum Gasteiger partial charge on any atom is 0.307 e. The predicted octanol–water partition coefficient (Wildman–Crippen LogP) is 4.09. The molecular formula is C16H26O2. The first-order valence-electron chi connectivity index (χ1n) is 7.69. The molecule has 3 atom stereocenters. The first kappa shape index (κ1) is 12.5. The number of carboxylic acid groups (broad SMARTS) is 1. The molecule has 4 aliphatic carbocycles. The van der Waals surface area contributed by atoms with Crippen LogP contribution in [0.3, 0.4) is 0 Å². The SMILES string of the molecule is CCCC(C(=O)O)C12CC3CC(CC(C)(C3)C1)C2. The topological polar surface area (TPSA) is 37.3 Å². The second kappa shape index (κ2) is 3.98. The van der Waals surface area contributed by atoms with Gasteiger partial charge in [-0.25, -0.2) is 0 Å². The number of aliphatic carboxylic acids is 1. The first-order valence-corrected chi connectivity index (χ1v) is 7.69. The lowest BCUT2D eigenvalue weighted by Crippen LogP contribution is -2.55. The molecule has 2 nitrogen and oxygen atoms in total. The van der Waals surface area contributed by atoms with Gasteiger partial charge in [0.25, 0.3) is 0 Å². The van der Waals surface area contributed by atoms with Crippen molar-refractivity contribution in [3.63, 3.8) is 0 Å². The van der Waals surface area contributed by atoms with Gasteiger partial charge in [0.15, 0.2) is 0 Å². The van der Waals surface area contributed by atoms with Crippen LogP contribution in [0.5, 0.6) is 0 Å². The Labute approximate surface area is 110 Å². The summed E-state index contributed by atoms with van der Waals surface area (Å²) in [6.45, 7) is 4.54. The second-order valence-corrected chi connectivity index (χ2v) is 7.81. The van der Waals surface area contributed by atoms with Gasteiger partial charge in [-0.15, -0.1) is 0 Å². The number of hydrogen-bond donors (Lipinski definition) is 1. The molecule has 4 fully saturated rings. The summed E-state index contributed by atoms with van der Waals surface area (Å²) < 4.78 is 0. The van der Waals surface area contributed by atoms with Crippen molar-refractivity contribution in [2.75, 3.05) is 0 Å². The summed E-state index contributed by atoms with van der Waals surface area (Å²) in [5.74, 6) is 1.06. The van der Waals surface area contributed by atoms with Crippen LogP contribution in [-0.2, 0) is 4.79 Å². The van der Waals surface area contributed by atoms with Crippen LogP contribution in [-0.4, -0.2) is 11.1 Å². The quantitative estimate of drug-likeness (QED) is 0.815. The molecule has 1 N–H and O–H groups in total. The van der Waals surface area contributed by atoms with Gasteiger partial charge in [-0.1, -0.05) is 20.3 Å². The van der Waals surface area contributed by atoms with Gasteiger partial charge in [0.1, 0.15) is 0 Å². The molecule has 0 aromatic carbocycles. The molecule has 0 heterocycles. The Morgan fingerprint density at radius 3 is 2.33 bits per heavy atom. The van der Waals surface area contributed by atoms with Crippen LogP contribution >= 0.6 is 0 Å². The van der Waals surface area contributed by atoms with E-state index in [9.17, 15) is 9.90 Å². The Bertz CT molecular complexity index is 346. The monoisotopic (exact) mass is 250 g/mol. The van der Waals surface area contributed by atoms with Gasteiger partial charge in [-0.3, -0.25) is 4.79 Å². The summed E-state index contributed by atoms with van der Waals surface area (Å²) in [4.78, 5) is 11.7. The van der Waals surface area contributed by atoms with Gasteiger partial charge in [0, 0.05) is 0 Å². The van der Waals surface area contributed by atoms with Gasteiger partial charge < -0.3 is 5.11 Å². The maximum atomic E-state index is 11.7. The number of hydrogen-bond acceptors (Lipinski definition) is 1. The van der Waals surface area contributed by atoms with E-state index in [0.29, 0.717) is 5.41 Å². The third-order valence-electron chi connectivity index (χ3n) is 6.01. The molecule has 0 aromatic rings. The molecule has 0 amide bonds. The highest BCUT2D eigenvalue weighted by Crippen LogP contribution is 2.67. The zero-order chi connectivity index (χ0) is 13.0. The molecule has 3 unspecified atom stereocenters. The summed E-state index contributed by atoms with van der Waals surface area (Å²) in [7, 11) is 0. The smallest absolute Gasteiger partial charge is 0.307 e. The summed E-state index contributed by atoms with van der Waals surface area (Å²) in [5.41, 5.74) is 0.617. The van der Waals surface area contributed by atoms with E-state index >= 15 is 0 Å². The maximum absolute atomic E-state index is 11.7. The van der Waals surface area contributed by atoms with Crippen LogP contribution in [0.2, 0.25) is 0 Å². The van der Waals surface area contributed by atoms with E-state index in [0.717, 1.165) is 24.7 Å². The number of carbonyl (C=O) groups is 1. The van der Waals surface area contributed by atoms with E-state index < -0.39 is 5.97 Å². The van der Waals surface area contributed by atoms with Gasteiger partial charge in [-0.05, 0) is 67.6 Å². The van der Waals surface area contributed by atoms with Crippen LogP contribution in [0, 0.1) is 28.6 Å². The van der Waals surface area contributed by atoms with Crippen LogP contribution < -0.4 is 0 Å². The van der Waals surface area contributed by atoms with Crippen molar-refractivity contribution in [1.82, 2.24) is 0 Å². The van der Waals surface area contributed by atoms with Crippen LogP contribution in [0.1, 0.15) is 65.2 Å². The molecule has 2 heteroatoms. The molecule has 4 rings (SSSR count). The molecule has 102 valence electrons. The minimum absolute atomic E-state index is 0.0762. The molecule has 0 saturated heterocycles. The number of rotatable bonds is 4. The zero-order valence-electron chi connectivity index (χ0n) is 11.7. The van der Waals surface area contributed by atoms with Gasteiger partial charge in [-0.2, -0.15) is 0 Å². The fourth-order valence-corrected chi connectivity index (χ4v) is 6.19. The standard InChI is InChI=1S/C16H26O2/c1-3-4-13(14(17)18)16-8-11-5-12(9-16)7-15(2,6-11)10-16/h11-13H,3-10H2,1-2H3,(H,17,18). The van der Waals surface area contributed by atoms with E-state index in [2.05, 4.69) is 13.8 Å². The Morgan fingerprint density at radius 1 is 1.28 bits per heavy atom. The van der Waals surface area contributed by atoms with Crippen molar-refractivity contribution < 1.29 is 9.90 Å². The van der Waals surface area contributed by atoms with Crippen molar-refractivity contribution in [2.45, 2.75) is 65.2 Å². The number of carboxylic acids is 1. The van der Waals surface area contributed by atoms with Crippen molar-refractivity contribution >= 4 is 5.97 Å². The highest BCUT2D eigenvalue weighted by atomic mass is 16.4. The largest absolute Gasteiger partial charge is 0.481 e. The molecule has 4 aliphatic rings.